The maximum Gasteiger partial charge on any atom is 0.335 e. The number of nitriles is 1. The van der Waals surface area contributed by atoms with Gasteiger partial charge in [0, 0.05) is 46.2 Å². The Morgan fingerprint density at radius 1 is 1.37 bits per heavy atom. The molecule has 10 heteroatoms. The van der Waals surface area contributed by atoms with Crippen molar-refractivity contribution in [3.63, 3.8) is 0 Å². The number of halogens is 2. The molecule has 1 aliphatic heterocycles. The summed E-state index contributed by atoms with van der Waals surface area (Å²) >= 11 is 0. The first kappa shape index (κ1) is 22.9. The van der Waals surface area contributed by atoms with Crippen LogP contribution in [0.5, 0.6) is 0 Å². The summed E-state index contributed by atoms with van der Waals surface area (Å²) in [4.78, 5) is 16.7. The van der Waals surface area contributed by atoms with Crippen LogP contribution < -0.4 is 0 Å². The lowest BCUT2D eigenvalue weighted by Crippen LogP contribution is -2.34. The van der Waals surface area contributed by atoms with Crippen LogP contribution in [0.15, 0.2) is 30.5 Å². The van der Waals surface area contributed by atoms with Crippen molar-refractivity contribution < 1.29 is 23.4 Å². The number of carboxylic acids is 1. The molecule has 4 aromatic rings. The highest BCUT2D eigenvalue weighted by atomic mass is 19.2. The Hall–Kier alpha value is -3.84. The van der Waals surface area contributed by atoms with E-state index >= 15 is 0 Å². The van der Waals surface area contributed by atoms with Gasteiger partial charge in [-0.25, -0.2) is 18.6 Å². The number of hydrogen-bond acceptors (Lipinski definition) is 5. The van der Waals surface area contributed by atoms with E-state index in [1.54, 1.807) is 10.8 Å². The van der Waals surface area contributed by atoms with Gasteiger partial charge in [-0.15, -0.1) is 0 Å². The molecule has 1 saturated heterocycles. The van der Waals surface area contributed by atoms with Crippen LogP contribution in [0.4, 0.5) is 8.78 Å². The number of hydrogen-bond donors (Lipinski definition) is 2. The summed E-state index contributed by atoms with van der Waals surface area (Å²) in [5.41, 5.74) is 1.36. The Morgan fingerprint density at radius 3 is 2.80 bits per heavy atom. The second-order valence-electron chi connectivity index (χ2n) is 9.83. The van der Waals surface area contributed by atoms with Gasteiger partial charge in [0.2, 0.25) is 0 Å². The molecule has 0 spiro atoms. The van der Waals surface area contributed by atoms with E-state index in [0.29, 0.717) is 33.4 Å². The molecule has 4 heterocycles. The van der Waals surface area contributed by atoms with Gasteiger partial charge in [0.25, 0.3) is 0 Å². The standard InChI is InChI=1S/C25H23F2N5O3/c1-24(2,6-7-28)21-19(14-10-25(3,23(33)34)35-12-14)20-18(8-13-11-29-31-22(13)30-20)32(21)15-4-5-16(26)17(27)9-15/h4-5,8-9,11,14H,6,10,12H2,1-3H3,(H,33,34)(H,29,30,31)/t14-,25+/m0/s1. The number of benzene rings is 1. The number of ether oxygens (including phenoxy) is 1. The summed E-state index contributed by atoms with van der Waals surface area (Å²) in [6.45, 7) is 5.45. The Labute approximate surface area is 199 Å². The highest BCUT2D eigenvalue weighted by Gasteiger charge is 2.46. The minimum Gasteiger partial charge on any atom is -0.479 e. The fourth-order valence-corrected chi connectivity index (χ4v) is 5.02. The van der Waals surface area contributed by atoms with Gasteiger partial charge in [-0.2, -0.15) is 10.4 Å². The molecule has 180 valence electrons. The first-order valence-electron chi connectivity index (χ1n) is 11.1. The fourth-order valence-electron chi connectivity index (χ4n) is 5.02. The van der Waals surface area contributed by atoms with Crippen molar-refractivity contribution in [3.05, 3.63) is 53.4 Å². The number of nitrogens with one attached hydrogen (secondary N) is 1. The summed E-state index contributed by atoms with van der Waals surface area (Å²) in [6, 6.07) is 7.71. The quantitative estimate of drug-likeness (QED) is 0.428. The van der Waals surface area contributed by atoms with E-state index in [2.05, 4.69) is 16.3 Å². The van der Waals surface area contributed by atoms with Crippen LogP contribution in [-0.4, -0.2) is 43.0 Å². The van der Waals surface area contributed by atoms with Crippen molar-refractivity contribution in [2.75, 3.05) is 6.61 Å². The lowest BCUT2D eigenvalue weighted by atomic mass is 9.79. The molecule has 5 rings (SSSR count). The minimum absolute atomic E-state index is 0.128. The molecule has 35 heavy (non-hydrogen) atoms. The van der Waals surface area contributed by atoms with Crippen LogP contribution in [0.25, 0.3) is 27.8 Å². The fraction of sp³-hybridized carbons (Fsp3) is 0.360. The van der Waals surface area contributed by atoms with Crippen molar-refractivity contribution in [1.29, 1.82) is 5.26 Å². The van der Waals surface area contributed by atoms with Crippen LogP contribution in [0, 0.1) is 23.0 Å². The number of aromatic amines is 1. The van der Waals surface area contributed by atoms with E-state index in [9.17, 15) is 23.9 Å². The van der Waals surface area contributed by atoms with Gasteiger partial charge in [-0.1, -0.05) is 13.8 Å². The first-order valence-corrected chi connectivity index (χ1v) is 11.1. The number of aliphatic carboxylic acids is 1. The predicted molar refractivity (Wildman–Crippen MR) is 123 cm³/mol. The molecule has 0 radical (unpaired) electrons. The zero-order valence-electron chi connectivity index (χ0n) is 19.4. The minimum atomic E-state index is -1.38. The molecule has 1 fully saturated rings. The van der Waals surface area contributed by atoms with E-state index in [1.807, 2.05) is 19.9 Å². The highest BCUT2D eigenvalue weighted by Crippen LogP contribution is 2.47. The SMILES string of the molecule is CC(C)(CC#N)c1c([C@@H]2CO[C@@](C)(C(=O)O)C2)c2nc3[nH]ncc3cc2n1-c1ccc(F)c(F)c1. The summed E-state index contributed by atoms with van der Waals surface area (Å²) in [7, 11) is 0. The molecule has 1 aliphatic rings. The summed E-state index contributed by atoms with van der Waals surface area (Å²) < 4.78 is 35.8. The topological polar surface area (TPSA) is 117 Å². The third-order valence-electron chi connectivity index (χ3n) is 6.80. The monoisotopic (exact) mass is 479 g/mol. The lowest BCUT2D eigenvalue weighted by Gasteiger charge is -2.28. The zero-order chi connectivity index (χ0) is 25.1. The Kier molecular flexibility index (Phi) is 5.14. The summed E-state index contributed by atoms with van der Waals surface area (Å²) in [5.74, 6) is -3.40. The van der Waals surface area contributed by atoms with Gasteiger partial charge in [0.05, 0.1) is 29.9 Å². The van der Waals surface area contributed by atoms with Crippen molar-refractivity contribution in [2.45, 2.75) is 50.5 Å². The normalized spacial score (nSPS) is 20.5. The lowest BCUT2D eigenvalue weighted by molar-refractivity contribution is -0.157. The van der Waals surface area contributed by atoms with Crippen LogP contribution in [0.3, 0.4) is 0 Å². The maximum atomic E-state index is 14.4. The molecule has 0 bridgehead atoms. The number of aromatic nitrogens is 4. The van der Waals surface area contributed by atoms with Crippen molar-refractivity contribution in [3.8, 4) is 11.8 Å². The van der Waals surface area contributed by atoms with Crippen LogP contribution in [0.2, 0.25) is 0 Å². The molecule has 1 aromatic carbocycles. The largest absolute Gasteiger partial charge is 0.479 e. The number of carbonyl (C=O) groups is 1. The smallest absolute Gasteiger partial charge is 0.335 e. The summed E-state index contributed by atoms with van der Waals surface area (Å²) in [5, 5.41) is 27.0. The number of rotatable bonds is 5. The van der Waals surface area contributed by atoms with Crippen molar-refractivity contribution in [1.82, 2.24) is 19.7 Å². The van der Waals surface area contributed by atoms with Gasteiger partial charge >= 0.3 is 5.97 Å². The Balaban J connectivity index is 1.89. The predicted octanol–water partition coefficient (Wildman–Crippen LogP) is 4.72. The Bertz CT molecular complexity index is 1530. The maximum absolute atomic E-state index is 14.4. The Morgan fingerprint density at radius 2 is 2.14 bits per heavy atom. The van der Waals surface area contributed by atoms with Crippen molar-refractivity contribution in [2.24, 2.45) is 0 Å². The third kappa shape index (κ3) is 3.54. The second kappa shape index (κ2) is 7.85. The molecule has 0 unspecified atom stereocenters. The molecule has 8 nitrogen and oxygen atoms in total. The van der Waals surface area contributed by atoms with Crippen molar-refractivity contribution >= 4 is 28.0 Å². The van der Waals surface area contributed by atoms with E-state index in [4.69, 9.17) is 9.72 Å². The van der Waals surface area contributed by atoms with Gasteiger partial charge < -0.3 is 14.4 Å². The number of H-pyrrole nitrogens is 1. The van der Waals surface area contributed by atoms with Gasteiger partial charge in [-0.3, -0.25) is 5.10 Å². The number of nitrogens with zero attached hydrogens (tertiary/aromatic N) is 4. The number of pyridine rings is 1. The van der Waals surface area contributed by atoms with E-state index in [0.717, 1.165) is 17.7 Å². The molecule has 3 aromatic heterocycles. The first-order chi connectivity index (χ1) is 16.6. The number of fused-ring (bicyclic) bond motifs is 2. The molecular weight excluding hydrogens is 456 g/mol. The average molecular weight is 479 g/mol. The van der Waals surface area contributed by atoms with Crippen LogP contribution in [-0.2, 0) is 14.9 Å². The van der Waals surface area contributed by atoms with Crippen LogP contribution >= 0.6 is 0 Å². The van der Waals surface area contributed by atoms with Gasteiger partial charge in [0.15, 0.2) is 22.9 Å². The average Bonchev–Trinajstić information content (AvgIpc) is 3.50. The number of carboxylic acid groups (broad SMARTS) is 1. The molecule has 0 saturated carbocycles. The van der Waals surface area contributed by atoms with E-state index in [-0.39, 0.29) is 25.4 Å². The van der Waals surface area contributed by atoms with Crippen LogP contribution in [0.1, 0.15) is 50.8 Å². The molecular formula is C25H23F2N5O3. The van der Waals surface area contributed by atoms with Gasteiger partial charge in [-0.05, 0) is 31.5 Å². The second-order valence-corrected chi connectivity index (χ2v) is 9.83. The highest BCUT2D eigenvalue weighted by molar-refractivity contribution is 5.94. The summed E-state index contributed by atoms with van der Waals surface area (Å²) in [6.07, 6.45) is 1.94. The molecule has 0 aliphatic carbocycles. The van der Waals surface area contributed by atoms with E-state index < -0.39 is 28.6 Å². The zero-order valence-corrected chi connectivity index (χ0v) is 19.4. The van der Waals surface area contributed by atoms with E-state index in [1.165, 1.54) is 13.0 Å². The van der Waals surface area contributed by atoms with Gasteiger partial charge in [0.1, 0.15) is 0 Å². The molecule has 2 atom stereocenters. The third-order valence-corrected chi connectivity index (χ3v) is 6.80. The molecule has 2 N–H and O–H groups in total. The molecule has 0 amide bonds.